The molecule has 0 radical (unpaired) electrons. The Morgan fingerprint density at radius 1 is 1.29 bits per heavy atom. The molecule has 1 aromatic carbocycles. The SMILES string of the molecule is [2H]C([2H])([2H])Oc1cc(N2CCN(C(=O)OC(C)(C)C)CC2)ccc1[N+](=O)[O-]. The molecule has 1 aliphatic rings. The fraction of sp³-hybridized carbons (Fsp3) is 0.562. The van der Waals surface area contributed by atoms with Crippen LogP contribution in [0.3, 0.4) is 0 Å². The van der Waals surface area contributed by atoms with Gasteiger partial charge in [-0.15, -0.1) is 0 Å². The Morgan fingerprint density at radius 2 is 1.96 bits per heavy atom. The number of methoxy groups -OCH3 is 1. The number of hydrogen-bond acceptors (Lipinski definition) is 6. The molecule has 1 heterocycles. The van der Waals surface area contributed by atoms with Crippen molar-refractivity contribution in [1.82, 2.24) is 4.90 Å². The van der Waals surface area contributed by atoms with E-state index in [0.29, 0.717) is 31.9 Å². The van der Waals surface area contributed by atoms with E-state index in [1.165, 1.54) is 18.2 Å². The van der Waals surface area contributed by atoms with Crippen LogP contribution in [0.4, 0.5) is 16.2 Å². The molecule has 0 aliphatic carbocycles. The van der Waals surface area contributed by atoms with Crippen molar-refractivity contribution in [3.05, 3.63) is 28.3 Å². The van der Waals surface area contributed by atoms with E-state index in [4.69, 9.17) is 13.6 Å². The summed E-state index contributed by atoms with van der Waals surface area (Å²) in [5.41, 5.74) is -0.403. The van der Waals surface area contributed by atoms with Gasteiger partial charge in [0.25, 0.3) is 0 Å². The molecule has 0 N–H and O–H groups in total. The van der Waals surface area contributed by atoms with Crippen LogP contribution in [0, 0.1) is 10.1 Å². The zero-order chi connectivity index (χ0) is 20.4. The predicted octanol–water partition coefficient (Wildman–Crippen LogP) is 2.66. The average molecular weight is 340 g/mol. The molecular weight excluding hydrogens is 314 g/mol. The second-order valence-electron chi connectivity index (χ2n) is 6.47. The molecule has 0 atom stereocenters. The summed E-state index contributed by atoms with van der Waals surface area (Å²) in [5.74, 6) is -0.313. The summed E-state index contributed by atoms with van der Waals surface area (Å²) < 4.78 is 31.7. The van der Waals surface area contributed by atoms with Crippen molar-refractivity contribution in [3.63, 3.8) is 0 Å². The van der Waals surface area contributed by atoms with Crippen LogP contribution < -0.4 is 9.64 Å². The van der Waals surface area contributed by atoms with Crippen LogP contribution in [0.2, 0.25) is 0 Å². The molecule has 1 aliphatic heterocycles. The summed E-state index contributed by atoms with van der Waals surface area (Å²) in [7, 11) is -2.79. The number of rotatable bonds is 3. The zero-order valence-electron chi connectivity index (χ0n) is 16.9. The molecule has 8 nitrogen and oxygen atoms in total. The largest absolute Gasteiger partial charge is 0.490 e. The third kappa shape index (κ3) is 4.27. The molecule has 1 aromatic rings. The zero-order valence-corrected chi connectivity index (χ0v) is 13.9. The summed E-state index contributed by atoms with van der Waals surface area (Å²) in [4.78, 5) is 26.0. The van der Waals surface area contributed by atoms with Crippen molar-refractivity contribution >= 4 is 17.5 Å². The van der Waals surface area contributed by atoms with Gasteiger partial charge in [0.05, 0.1) is 16.1 Å². The Labute approximate surface area is 145 Å². The monoisotopic (exact) mass is 340 g/mol. The molecule has 0 aromatic heterocycles. The Kier molecular flexibility index (Phi) is 4.02. The van der Waals surface area contributed by atoms with E-state index in [2.05, 4.69) is 0 Å². The van der Waals surface area contributed by atoms with Gasteiger partial charge in [-0.05, 0) is 26.8 Å². The highest BCUT2D eigenvalue weighted by molar-refractivity contribution is 5.69. The van der Waals surface area contributed by atoms with Crippen molar-refractivity contribution < 1.29 is 23.3 Å². The normalized spacial score (nSPS) is 17.5. The number of amides is 1. The number of piperazine rings is 1. The van der Waals surface area contributed by atoms with E-state index in [0.717, 1.165) is 0 Å². The lowest BCUT2D eigenvalue weighted by atomic mass is 10.2. The maximum atomic E-state index is 12.1. The van der Waals surface area contributed by atoms with Crippen LogP contribution in [0.1, 0.15) is 24.9 Å². The third-order valence-corrected chi connectivity index (χ3v) is 3.55. The number of carbonyl (C=O) groups is 1. The van der Waals surface area contributed by atoms with Crippen LogP contribution in [-0.4, -0.2) is 54.7 Å². The van der Waals surface area contributed by atoms with Crippen LogP contribution in [0.25, 0.3) is 0 Å². The second kappa shape index (κ2) is 6.94. The number of nitro groups is 1. The number of nitro benzene ring substituents is 1. The van der Waals surface area contributed by atoms with Crippen molar-refractivity contribution in [3.8, 4) is 5.75 Å². The smallest absolute Gasteiger partial charge is 0.410 e. The second-order valence-corrected chi connectivity index (χ2v) is 6.47. The van der Waals surface area contributed by atoms with E-state index in [-0.39, 0.29) is 5.75 Å². The number of anilines is 1. The van der Waals surface area contributed by atoms with Crippen molar-refractivity contribution in [1.29, 1.82) is 0 Å². The number of nitrogens with zero attached hydrogens (tertiary/aromatic N) is 3. The van der Waals surface area contributed by atoms with E-state index in [1.54, 1.807) is 25.7 Å². The highest BCUT2D eigenvalue weighted by Gasteiger charge is 2.26. The summed E-state index contributed by atoms with van der Waals surface area (Å²) in [6, 6.07) is 4.10. The minimum Gasteiger partial charge on any atom is -0.490 e. The minimum absolute atomic E-state index is 0.313. The lowest BCUT2D eigenvalue weighted by Crippen LogP contribution is -2.50. The summed E-state index contributed by atoms with van der Waals surface area (Å²) in [5, 5.41) is 11.1. The van der Waals surface area contributed by atoms with Gasteiger partial charge in [0.15, 0.2) is 5.75 Å². The van der Waals surface area contributed by atoms with Gasteiger partial charge in [-0.2, -0.15) is 0 Å². The van der Waals surface area contributed by atoms with Gasteiger partial charge < -0.3 is 19.3 Å². The standard InChI is InChI=1S/C16H23N3O5/c1-16(2,3)24-15(20)18-9-7-17(8-10-18)12-5-6-13(19(21)22)14(11-12)23-4/h5-6,11H,7-10H2,1-4H3/i4D3. The molecule has 0 unspecified atom stereocenters. The summed E-state index contributed by atoms with van der Waals surface area (Å²) in [6.45, 7) is 7.18. The van der Waals surface area contributed by atoms with E-state index in [9.17, 15) is 14.9 Å². The summed E-state index contributed by atoms with van der Waals surface area (Å²) >= 11 is 0. The van der Waals surface area contributed by atoms with Crippen LogP contribution in [-0.2, 0) is 4.74 Å². The molecule has 24 heavy (non-hydrogen) atoms. The highest BCUT2D eigenvalue weighted by Crippen LogP contribution is 2.31. The fourth-order valence-corrected chi connectivity index (χ4v) is 2.41. The lowest BCUT2D eigenvalue weighted by molar-refractivity contribution is -0.385. The molecule has 1 fully saturated rings. The lowest BCUT2D eigenvalue weighted by Gasteiger charge is -2.36. The van der Waals surface area contributed by atoms with E-state index < -0.39 is 29.3 Å². The Morgan fingerprint density at radius 3 is 2.50 bits per heavy atom. The van der Waals surface area contributed by atoms with Gasteiger partial charge in [-0.1, -0.05) is 0 Å². The van der Waals surface area contributed by atoms with Crippen LogP contribution in [0.15, 0.2) is 18.2 Å². The molecule has 0 saturated carbocycles. The molecule has 2 rings (SSSR count). The highest BCUT2D eigenvalue weighted by atomic mass is 16.6. The number of benzene rings is 1. The van der Waals surface area contributed by atoms with Gasteiger partial charge in [0.2, 0.25) is 0 Å². The van der Waals surface area contributed by atoms with E-state index >= 15 is 0 Å². The first kappa shape index (κ1) is 13.9. The molecule has 0 bridgehead atoms. The van der Waals surface area contributed by atoms with Crippen molar-refractivity contribution in [2.75, 3.05) is 38.1 Å². The number of ether oxygens (including phenoxy) is 2. The third-order valence-electron chi connectivity index (χ3n) is 3.55. The number of hydrogen-bond donors (Lipinski definition) is 0. The van der Waals surface area contributed by atoms with Gasteiger partial charge in [0.1, 0.15) is 5.60 Å². The first-order valence-corrected chi connectivity index (χ1v) is 7.56. The summed E-state index contributed by atoms with van der Waals surface area (Å²) in [6.07, 6.45) is -0.391. The molecule has 1 saturated heterocycles. The first-order chi connectivity index (χ1) is 12.4. The quantitative estimate of drug-likeness (QED) is 0.621. The Bertz CT molecular complexity index is 710. The Balaban J connectivity index is 2.10. The molecule has 132 valence electrons. The topological polar surface area (TPSA) is 85.2 Å². The maximum Gasteiger partial charge on any atom is 0.410 e. The van der Waals surface area contributed by atoms with Crippen molar-refractivity contribution in [2.24, 2.45) is 0 Å². The van der Waals surface area contributed by atoms with Gasteiger partial charge in [-0.25, -0.2) is 4.79 Å². The average Bonchev–Trinajstić information content (AvgIpc) is 2.51. The van der Waals surface area contributed by atoms with Gasteiger partial charge in [0, 0.05) is 44.0 Å². The molecular formula is C16H23N3O5. The van der Waals surface area contributed by atoms with Crippen LogP contribution >= 0.6 is 0 Å². The van der Waals surface area contributed by atoms with Crippen LogP contribution in [0.5, 0.6) is 5.75 Å². The maximum absolute atomic E-state index is 12.1. The van der Waals surface area contributed by atoms with Gasteiger partial charge >= 0.3 is 11.8 Å². The van der Waals surface area contributed by atoms with Crippen molar-refractivity contribution in [2.45, 2.75) is 26.4 Å². The molecule has 8 heteroatoms. The fourth-order valence-electron chi connectivity index (χ4n) is 2.41. The minimum atomic E-state index is -2.79. The van der Waals surface area contributed by atoms with Gasteiger partial charge in [-0.3, -0.25) is 10.1 Å². The Hall–Kier alpha value is -2.51. The molecule has 1 amide bonds. The predicted molar refractivity (Wildman–Crippen MR) is 89.7 cm³/mol. The first-order valence-electron chi connectivity index (χ1n) is 9.06. The number of carbonyl (C=O) groups excluding carboxylic acids is 1. The van der Waals surface area contributed by atoms with E-state index in [1.807, 2.05) is 4.90 Å². The molecule has 0 spiro atoms.